The molecule has 0 unspecified atom stereocenters. The van der Waals surface area contributed by atoms with E-state index in [1.165, 1.54) is 7.11 Å². The van der Waals surface area contributed by atoms with Crippen LogP contribution in [0.25, 0.3) is 0 Å². The Morgan fingerprint density at radius 3 is 2.75 bits per heavy atom. The van der Waals surface area contributed by atoms with Crippen LogP contribution in [0.2, 0.25) is 19.6 Å². The van der Waals surface area contributed by atoms with Crippen molar-refractivity contribution in [2.24, 2.45) is 0 Å². The average Bonchev–Trinajstić information content (AvgIpc) is 2.63. The fourth-order valence-corrected chi connectivity index (χ4v) is 1.65. The molecule has 5 nitrogen and oxygen atoms in total. The van der Waals surface area contributed by atoms with Crippen molar-refractivity contribution in [2.75, 3.05) is 7.11 Å². The van der Waals surface area contributed by atoms with Crippen molar-refractivity contribution in [3.05, 3.63) is 11.4 Å². The third-order valence-electron chi connectivity index (χ3n) is 1.73. The number of methoxy groups -OCH3 is 1. The molecular weight excluding hydrogens is 222 g/mol. The van der Waals surface area contributed by atoms with Crippen molar-refractivity contribution in [1.82, 2.24) is 15.4 Å². The van der Waals surface area contributed by atoms with Crippen molar-refractivity contribution in [3.8, 4) is 11.5 Å². The number of carbonyl (C=O) groups is 1. The maximum absolute atomic E-state index is 11.3. The minimum Gasteiger partial charge on any atom is -0.464 e. The maximum Gasteiger partial charge on any atom is 0.360 e. The summed E-state index contributed by atoms with van der Waals surface area (Å²) in [5.74, 6) is 2.55. The predicted octanol–water partition coefficient (Wildman–Crippen LogP) is 1.01. The van der Waals surface area contributed by atoms with E-state index >= 15 is 0 Å². The Hall–Kier alpha value is -1.61. The quantitative estimate of drug-likeness (QED) is 0.473. The van der Waals surface area contributed by atoms with Crippen LogP contribution in [-0.4, -0.2) is 36.6 Å². The lowest BCUT2D eigenvalue weighted by molar-refractivity contribution is 0.0593. The van der Waals surface area contributed by atoms with E-state index in [0.717, 1.165) is 0 Å². The molecule has 0 aliphatic carbocycles. The molecule has 0 saturated heterocycles. The summed E-state index contributed by atoms with van der Waals surface area (Å²) in [6.45, 7) is 6.48. The van der Waals surface area contributed by atoms with Gasteiger partial charge in [-0.05, 0) is 0 Å². The van der Waals surface area contributed by atoms with Gasteiger partial charge in [0.15, 0.2) is 5.69 Å². The molecule has 86 valence electrons. The first-order valence-corrected chi connectivity index (χ1v) is 8.42. The minimum absolute atomic E-state index is 0.215. The molecule has 0 fully saturated rings. The van der Waals surface area contributed by atoms with Gasteiger partial charge in [-0.3, -0.25) is 5.10 Å². The molecule has 1 rings (SSSR count). The van der Waals surface area contributed by atoms with Gasteiger partial charge >= 0.3 is 5.97 Å². The standard InChI is InChI=1S/C10H15N3O2Si/c1-15-10(14)9-8(11-13-12-9)6-5-7-16(2,3)4/h6H2,1-4H3,(H,11,12,13). The second kappa shape index (κ2) is 4.94. The Labute approximate surface area is 95.6 Å². The Balaban J connectivity index is 2.78. The topological polar surface area (TPSA) is 67.9 Å². The lowest BCUT2D eigenvalue weighted by Gasteiger charge is -2.03. The monoisotopic (exact) mass is 237 g/mol. The first kappa shape index (κ1) is 12.5. The number of esters is 1. The van der Waals surface area contributed by atoms with Crippen LogP contribution in [0.1, 0.15) is 16.2 Å². The molecule has 0 aromatic carbocycles. The Bertz CT molecular complexity index is 437. The summed E-state index contributed by atoms with van der Waals surface area (Å²) in [7, 11) is -0.0615. The van der Waals surface area contributed by atoms with Crippen LogP contribution in [0.5, 0.6) is 0 Å². The van der Waals surface area contributed by atoms with Crippen LogP contribution in [0.3, 0.4) is 0 Å². The zero-order chi connectivity index (χ0) is 12.2. The van der Waals surface area contributed by atoms with E-state index in [1.54, 1.807) is 0 Å². The van der Waals surface area contributed by atoms with Crippen LogP contribution < -0.4 is 0 Å². The van der Waals surface area contributed by atoms with Gasteiger partial charge in [0, 0.05) is 0 Å². The number of nitrogens with zero attached hydrogens (tertiary/aromatic N) is 2. The van der Waals surface area contributed by atoms with Crippen molar-refractivity contribution < 1.29 is 9.53 Å². The molecule has 0 aliphatic rings. The molecule has 0 atom stereocenters. The van der Waals surface area contributed by atoms with E-state index in [2.05, 4.69) is 51.3 Å². The van der Waals surface area contributed by atoms with Gasteiger partial charge in [0.1, 0.15) is 8.07 Å². The number of carbonyl (C=O) groups excluding carboxylic acids is 1. The molecule has 0 spiro atoms. The van der Waals surface area contributed by atoms with Crippen LogP contribution in [0.15, 0.2) is 0 Å². The van der Waals surface area contributed by atoms with Gasteiger partial charge in [-0.15, -0.1) is 16.6 Å². The number of ether oxygens (including phenoxy) is 1. The van der Waals surface area contributed by atoms with Crippen molar-refractivity contribution >= 4 is 14.0 Å². The van der Waals surface area contributed by atoms with E-state index < -0.39 is 14.0 Å². The largest absolute Gasteiger partial charge is 0.464 e. The van der Waals surface area contributed by atoms with Gasteiger partial charge in [0.2, 0.25) is 0 Å². The molecule has 1 aromatic heterocycles. The fourth-order valence-electron chi connectivity index (χ4n) is 1.03. The van der Waals surface area contributed by atoms with Gasteiger partial charge < -0.3 is 4.74 Å². The summed E-state index contributed by atoms with van der Waals surface area (Å²) in [4.78, 5) is 11.3. The highest BCUT2D eigenvalue weighted by Crippen LogP contribution is 2.04. The third kappa shape index (κ3) is 3.51. The van der Waals surface area contributed by atoms with E-state index in [4.69, 9.17) is 0 Å². The van der Waals surface area contributed by atoms with Gasteiger partial charge in [0.25, 0.3) is 0 Å². The smallest absolute Gasteiger partial charge is 0.360 e. The number of aromatic amines is 1. The fraction of sp³-hybridized carbons (Fsp3) is 0.500. The van der Waals surface area contributed by atoms with Crippen LogP contribution in [0.4, 0.5) is 0 Å². The number of H-pyrrole nitrogens is 1. The number of hydrogen-bond acceptors (Lipinski definition) is 4. The van der Waals surface area contributed by atoms with Crippen molar-refractivity contribution in [3.63, 3.8) is 0 Å². The Morgan fingerprint density at radius 2 is 2.19 bits per heavy atom. The molecule has 0 amide bonds. The van der Waals surface area contributed by atoms with E-state index in [0.29, 0.717) is 12.1 Å². The molecule has 0 aliphatic heterocycles. The summed E-state index contributed by atoms with van der Waals surface area (Å²) >= 11 is 0. The third-order valence-corrected chi connectivity index (χ3v) is 2.65. The van der Waals surface area contributed by atoms with Gasteiger partial charge in [-0.1, -0.05) is 24.9 Å². The summed E-state index contributed by atoms with van der Waals surface area (Å²) in [5.41, 5.74) is 4.03. The highest BCUT2D eigenvalue weighted by molar-refractivity contribution is 6.83. The number of aromatic nitrogens is 3. The molecule has 0 radical (unpaired) electrons. The van der Waals surface area contributed by atoms with E-state index in [-0.39, 0.29) is 5.69 Å². The zero-order valence-electron chi connectivity index (χ0n) is 9.92. The van der Waals surface area contributed by atoms with E-state index in [9.17, 15) is 4.79 Å². The molecule has 1 heterocycles. The van der Waals surface area contributed by atoms with Crippen LogP contribution >= 0.6 is 0 Å². The summed E-state index contributed by atoms with van der Waals surface area (Å²) in [6.07, 6.45) is 0.446. The first-order valence-electron chi connectivity index (χ1n) is 4.92. The number of rotatable bonds is 2. The van der Waals surface area contributed by atoms with E-state index in [1.807, 2.05) is 0 Å². The molecule has 0 bridgehead atoms. The lowest BCUT2D eigenvalue weighted by Crippen LogP contribution is -2.16. The Kier molecular flexibility index (Phi) is 3.85. The zero-order valence-corrected chi connectivity index (χ0v) is 10.9. The number of nitrogens with one attached hydrogen (secondary N) is 1. The average molecular weight is 237 g/mol. The molecule has 6 heteroatoms. The van der Waals surface area contributed by atoms with Crippen LogP contribution in [-0.2, 0) is 11.2 Å². The van der Waals surface area contributed by atoms with Gasteiger partial charge in [0.05, 0.1) is 19.2 Å². The minimum atomic E-state index is -1.38. The predicted molar refractivity (Wildman–Crippen MR) is 62.5 cm³/mol. The molecule has 1 aromatic rings. The SMILES string of the molecule is COC(=O)c1nn[nH]c1CC#C[Si](C)(C)C. The second-order valence-electron chi connectivity index (χ2n) is 4.36. The highest BCUT2D eigenvalue weighted by atomic mass is 28.3. The van der Waals surface area contributed by atoms with Crippen LogP contribution in [0, 0.1) is 11.5 Å². The highest BCUT2D eigenvalue weighted by Gasteiger charge is 2.15. The summed E-state index contributed by atoms with van der Waals surface area (Å²) in [6, 6.07) is 0. The van der Waals surface area contributed by atoms with Crippen molar-refractivity contribution in [1.29, 1.82) is 0 Å². The molecule has 1 N–H and O–H groups in total. The normalized spacial score (nSPS) is 10.5. The lowest BCUT2D eigenvalue weighted by atomic mass is 10.2. The van der Waals surface area contributed by atoms with Gasteiger partial charge in [-0.25, -0.2) is 4.79 Å². The van der Waals surface area contributed by atoms with Crippen molar-refractivity contribution in [2.45, 2.75) is 26.1 Å². The van der Waals surface area contributed by atoms with Gasteiger partial charge in [-0.2, -0.15) is 0 Å². The molecule has 0 saturated carbocycles. The Morgan fingerprint density at radius 1 is 1.50 bits per heavy atom. The summed E-state index contributed by atoms with van der Waals surface area (Å²) in [5, 5.41) is 9.90. The number of hydrogen-bond donors (Lipinski definition) is 1. The first-order chi connectivity index (χ1) is 7.44. The maximum atomic E-state index is 11.3. The second-order valence-corrected chi connectivity index (χ2v) is 9.11. The molecular formula is C10H15N3O2Si. The summed E-state index contributed by atoms with van der Waals surface area (Å²) < 4.78 is 4.58. The molecule has 16 heavy (non-hydrogen) atoms.